The van der Waals surface area contributed by atoms with Crippen LogP contribution in [-0.4, -0.2) is 29.1 Å². The van der Waals surface area contributed by atoms with Crippen molar-refractivity contribution in [2.24, 2.45) is 11.8 Å². The number of ketones is 1. The summed E-state index contributed by atoms with van der Waals surface area (Å²) < 4.78 is 7.83. The topological polar surface area (TPSA) is 59.4 Å². The van der Waals surface area contributed by atoms with Crippen molar-refractivity contribution < 1.29 is 34.7 Å². The molecule has 3 aromatic carbocycles. The van der Waals surface area contributed by atoms with Gasteiger partial charge in [0.15, 0.2) is 5.78 Å². The number of nitrogens with zero attached hydrogens (tertiary/aromatic N) is 1. The second kappa shape index (κ2) is 14.3. The molecule has 0 saturated heterocycles. The van der Waals surface area contributed by atoms with Gasteiger partial charge in [0.05, 0.1) is 5.76 Å². The fourth-order valence-corrected chi connectivity index (χ4v) is 8.82. The summed E-state index contributed by atoms with van der Waals surface area (Å²) in [7, 11) is 0. The van der Waals surface area contributed by atoms with E-state index in [1.54, 1.807) is 0 Å². The van der Waals surface area contributed by atoms with Crippen LogP contribution in [0.2, 0.25) is 17.3 Å². The molecule has 1 N–H and O–H groups in total. The summed E-state index contributed by atoms with van der Waals surface area (Å²) >= 11 is -2.04. The number of aliphatic hydroxyl groups excluding tert-OH is 1. The first-order valence-corrected chi connectivity index (χ1v) is 22.4. The van der Waals surface area contributed by atoms with Gasteiger partial charge in [-0.3, -0.25) is 4.79 Å². The second-order valence-electron chi connectivity index (χ2n) is 12.0. The largest absolute Gasteiger partial charge is 0 e. The van der Waals surface area contributed by atoms with Gasteiger partial charge >= 0.3 is 156 Å². The fourth-order valence-electron chi connectivity index (χ4n) is 5.74. The minimum absolute atomic E-state index is 0. The number of carbonyl (C=O) groups excluding carboxylic acids is 1. The minimum Gasteiger partial charge on any atom is 0 e. The van der Waals surface area contributed by atoms with E-state index in [0.29, 0.717) is 0 Å². The van der Waals surface area contributed by atoms with Crippen LogP contribution in [0.15, 0.2) is 60.5 Å². The third-order valence-electron chi connectivity index (χ3n) is 8.37. The summed E-state index contributed by atoms with van der Waals surface area (Å²) in [5.74, 6) is 9.58. The summed E-state index contributed by atoms with van der Waals surface area (Å²) in [5.41, 5.74) is 3.13. The molecule has 1 aliphatic rings. The van der Waals surface area contributed by atoms with Gasteiger partial charge < -0.3 is 5.11 Å². The smallest absolute Gasteiger partial charge is 0 e. The van der Waals surface area contributed by atoms with Gasteiger partial charge in [0, 0.05) is 38.0 Å². The minimum atomic E-state index is -2.04. The summed E-state index contributed by atoms with van der Waals surface area (Å²) in [4.78, 5) is 16.6. The van der Waals surface area contributed by atoms with Crippen molar-refractivity contribution in [3.63, 3.8) is 0 Å². The Morgan fingerprint density at radius 2 is 1.57 bits per heavy atom. The van der Waals surface area contributed by atoms with Crippen molar-refractivity contribution in [3.8, 4) is 22.8 Å². The van der Waals surface area contributed by atoms with Crippen molar-refractivity contribution >= 4 is 45.0 Å². The summed E-state index contributed by atoms with van der Waals surface area (Å²) in [5, 5.41) is 14.5. The van der Waals surface area contributed by atoms with E-state index in [9.17, 15) is 9.90 Å². The molecule has 0 amide bonds. The Balaban J connectivity index is 0.000000263. The van der Waals surface area contributed by atoms with Crippen LogP contribution in [0, 0.1) is 24.8 Å². The van der Waals surface area contributed by atoms with Crippen LogP contribution in [0.25, 0.3) is 32.8 Å². The number of rotatable bonds is 8. The maximum Gasteiger partial charge on any atom is 0 e. The van der Waals surface area contributed by atoms with Gasteiger partial charge in [-0.1, -0.05) is 27.7 Å². The van der Waals surface area contributed by atoms with Gasteiger partial charge in [-0.05, 0) is 25.7 Å². The molecule has 0 unspecified atom stereocenters. The Labute approximate surface area is 267 Å². The van der Waals surface area contributed by atoms with Crippen LogP contribution in [0.1, 0.15) is 58.9 Å². The molecule has 1 aliphatic heterocycles. The van der Waals surface area contributed by atoms with Gasteiger partial charge in [-0.15, -0.1) is 0 Å². The molecule has 0 saturated carbocycles. The van der Waals surface area contributed by atoms with Crippen molar-refractivity contribution in [2.45, 2.75) is 77.6 Å². The Kier molecular flexibility index (Phi) is 11.6. The number of aryl methyl sites for hydroxylation is 1. The molecule has 0 spiro atoms. The van der Waals surface area contributed by atoms with Crippen LogP contribution in [0.4, 0.5) is 0 Å². The summed E-state index contributed by atoms with van der Waals surface area (Å²) in [6, 6.07) is 18.3. The molecule has 1 aromatic heterocycles. The Bertz CT molecular complexity index is 1600. The van der Waals surface area contributed by atoms with Crippen molar-refractivity contribution in [2.75, 3.05) is 0 Å². The molecule has 42 heavy (non-hydrogen) atoms. The first-order valence-electron chi connectivity index (χ1n) is 15.0. The normalized spacial score (nSPS) is 12.5. The number of pyridine rings is 1. The third kappa shape index (κ3) is 6.85. The molecule has 4 nitrogen and oxygen atoms in total. The molecule has 0 aliphatic carbocycles. The maximum absolute atomic E-state index is 11.7. The van der Waals surface area contributed by atoms with Gasteiger partial charge in [-0.25, -0.2) is 0 Å². The van der Waals surface area contributed by atoms with E-state index in [4.69, 9.17) is 9.72 Å². The molecule has 6 heteroatoms. The Hall–Kier alpha value is -2.47. The number of aliphatic hydroxyl groups is 1. The van der Waals surface area contributed by atoms with E-state index in [1.807, 2.05) is 27.7 Å². The third-order valence-corrected chi connectivity index (χ3v) is 12.6. The molecule has 1 radical (unpaired) electrons. The van der Waals surface area contributed by atoms with Crippen LogP contribution in [0.3, 0.4) is 0 Å². The average molecular weight is 804 g/mol. The van der Waals surface area contributed by atoms with E-state index < -0.39 is 13.3 Å². The van der Waals surface area contributed by atoms with E-state index in [2.05, 4.69) is 78.9 Å². The molecule has 0 fully saturated rings. The number of carbonyl (C=O) groups is 1. The Morgan fingerprint density at radius 3 is 2.19 bits per heavy atom. The number of fused-ring (bicyclic) bond motifs is 3. The van der Waals surface area contributed by atoms with Crippen LogP contribution in [-0.2, 0) is 24.9 Å². The first kappa shape index (κ1) is 34.0. The van der Waals surface area contributed by atoms with E-state index >= 15 is 0 Å². The molecule has 225 valence electrons. The van der Waals surface area contributed by atoms with Gasteiger partial charge in [0.2, 0.25) is 0 Å². The number of ether oxygens (including phenoxy) is 1. The van der Waals surface area contributed by atoms with Gasteiger partial charge in [0.1, 0.15) is 0 Å². The number of hydrogen-bond acceptors (Lipinski definition) is 4. The second-order valence-corrected chi connectivity index (χ2v) is 22.6. The van der Waals surface area contributed by atoms with Crippen molar-refractivity contribution in [3.05, 3.63) is 72.1 Å². The zero-order valence-electron chi connectivity index (χ0n) is 26.2. The molecular formula is C36H44GeIrNO3-. The van der Waals surface area contributed by atoms with E-state index in [1.165, 1.54) is 21.2 Å². The molecule has 0 atom stereocenters. The van der Waals surface area contributed by atoms with Gasteiger partial charge in [-0.2, -0.15) is 0 Å². The molecule has 5 rings (SSSR count). The average Bonchev–Trinajstić information content (AvgIpc) is 2.95. The van der Waals surface area contributed by atoms with Crippen molar-refractivity contribution in [1.82, 2.24) is 4.98 Å². The predicted octanol–water partition coefficient (Wildman–Crippen LogP) is 9.68. The first-order chi connectivity index (χ1) is 19.5. The zero-order valence-corrected chi connectivity index (χ0v) is 30.7. The SMILES string of the molecule is CCC(CC)C(=O)/C=C(\O)C(CC)CC.Cc1c2c([c-]c3ccccc13)-c1nc[c]([Ge]([CH3])([CH3])[CH3])c3cccc(c13)O2.[Ir]. The maximum atomic E-state index is 11.7. The van der Waals surface area contributed by atoms with E-state index in [-0.39, 0.29) is 43.5 Å². The predicted molar refractivity (Wildman–Crippen MR) is 175 cm³/mol. The number of hydrogen-bond donors (Lipinski definition) is 1. The van der Waals surface area contributed by atoms with Gasteiger partial charge in [0.25, 0.3) is 0 Å². The monoisotopic (exact) mass is 805 g/mol. The molecular weight excluding hydrogens is 759 g/mol. The number of allylic oxidation sites excluding steroid dienone is 2. The van der Waals surface area contributed by atoms with Crippen molar-refractivity contribution in [1.29, 1.82) is 0 Å². The number of aromatic nitrogens is 1. The molecule has 2 heterocycles. The zero-order chi connectivity index (χ0) is 29.9. The standard InChI is InChI=1S/C23H20GeNO.C13H24O2.Ir/c1-14-16-9-6-5-8-15(16)12-18-22-21-17(19(13-25-22)24(2,3)4)10-7-11-20(21)26-23(14)18;1-5-10(6-2)12(14)9-13(15)11(7-3)8-4;/h5-11,13H,1-4H3;9-11,14H,5-8H2,1-4H3;/q-1;;/b;12-9-;. The van der Waals surface area contributed by atoms with Crippen LogP contribution < -0.4 is 9.13 Å². The number of benzene rings is 3. The Morgan fingerprint density at radius 1 is 0.952 bits per heavy atom. The molecule has 0 bridgehead atoms. The summed E-state index contributed by atoms with van der Waals surface area (Å²) in [6.07, 6.45) is 7.01. The van der Waals surface area contributed by atoms with Crippen LogP contribution in [0.5, 0.6) is 11.5 Å². The fraction of sp³-hybridized carbons (Fsp3) is 0.389. The quantitative estimate of drug-likeness (QED) is 0.0735. The molecule has 4 aromatic rings. The van der Waals surface area contributed by atoms with E-state index in [0.717, 1.165) is 64.8 Å². The summed E-state index contributed by atoms with van der Waals surface area (Å²) in [6.45, 7) is 10.2. The van der Waals surface area contributed by atoms with Crippen LogP contribution >= 0.6 is 0 Å².